The summed E-state index contributed by atoms with van der Waals surface area (Å²) in [7, 11) is -2.27. The summed E-state index contributed by atoms with van der Waals surface area (Å²) in [6.45, 7) is 1.99. The van der Waals surface area contributed by atoms with Crippen LogP contribution in [0.5, 0.6) is 0 Å². The summed E-state index contributed by atoms with van der Waals surface area (Å²) in [6, 6.07) is 12.7. The van der Waals surface area contributed by atoms with Gasteiger partial charge in [0.2, 0.25) is 10.0 Å². The maximum atomic E-state index is 15.0. The number of anilines is 1. The van der Waals surface area contributed by atoms with Gasteiger partial charge >= 0.3 is 0 Å². The van der Waals surface area contributed by atoms with Crippen LogP contribution in [-0.2, 0) is 21.4 Å². The van der Waals surface area contributed by atoms with Crippen molar-refractivity contribution in [2.45, 2.75) is 19.4 Å². The number of halogens is 2. The number of hydrogen-bond donors (Lipinski definition) is 1. The number of pyridine rings is 1. The quantitative estimate of drug-likeness (QED) is 0.422. The van der Waals surface area contributed by atoms with Crippen molar-refractivity contribution in [3.63, 3.8) is 0 Å². The van der Waals surface area contributed by atoms with Gasteiger partial charge in [0.25, 0.3) is 11.8 Å². The van der Waals surface area contributed by atoms with Crippen LogP contribution in [0.2, 0.25) is 4.34 Å². The molecule has 0 radical (unpaired) electrons. The van der Waals surface area contributed by atoms with E-state index in [0.717, 1.165) is 15.8 Å². The highest BCUT2D eigenvalue weighted by Crippen LogP contribution is 2.29. The van der Waals surface area contributed by atoms with Crippen molar-refractivity contribution in [3.05, 3.63) is 92.8 Å². The topological polar surface area (TPSA) is 99.7 Å². The summed E-state index contributed by atoms with van der Waals surface area (Å²) in [4.78, 5) is 33.2. The molecule has 2 amide bonds. The Hall–Kier alpha value is -3.28. The molecular formula is C25H24ClFN4O4S2. The zero-order valence-electron chi connectivity index (χ0n) is 20.0. The number of nitrogens with zero attached hydrogens (tertiary/aromatic N) is 3. The van der Waals surface area contributed by atoms with Crippen LogP contribution in [0.1, 0.15) is 33.8 Å². The van der Waals surface area contributed by atoms with Gasteiger partial charge in [-0.05, 0) is 48.5 Å². The zero-order valence-corrected chi connectivity index (χ0v) is 22.4. The molecule has 1 unspecified atom stereocenters. The number of benzene rings is 1. The summed E-state index contributed by atoms with van der Waals surface area (Å²) < 4.78 is 43.2. The third-order valence-electron chi connectivity index (χ3n) is 5.73. The molecule has 1 atom stereocenters. The van der Waals surface area contributed by atoms with Gasteiger partial charge in [0, 0.05) is 36.1 Å². The van der Waals surface area contributed by atoms with Crippen molar-refractivity contribution >= 4 is 50.5 Å². The van der Waals surface area contributed by atoms with Crippen LogP contribution in [-0.4, -0.2) is 49.5 Å². The number of sulfonamides is 1. The van der Waals surface area contributed by atoms with E-state index in [-0.39, 0.29) is 41.7 Å². The van der Waals surface area contributed by atoms with E-state index in [4.69, 9.17) is 11.6 Å². The van der Waals surface area contributed by atoms with Crippen molar-refractivity contribution in [3.8, 4) is 0 Å². The number of rotatable bonds is 9. The Morgan fingerprint density at radius 2 is 2.05 bits per heavy atom. The number of carbonyl (C=O) groups is 2. The summed E-state index contributed by atoms with van der Waals surface area (Å²) >= 11 is 7.23. The van der Waals surface area contributed by atoms with Gasteiger partial charge in [0.15, 0.2) is 0 Å². The number of aromatic nitrogens is 1. The average molecular weight is 563 g/mol. The molecule has 1 aromatic carbocycles. The van der Waals surface area contributed by atoms with E-state index in [1.54, 1.807) is 44.4 Å². The van der Waals surface area contributed by atoms with Crippen LogP contribution in [0.25, 0.3) is 0 Å². The van der Waals surface area contributed by atoms with Gasteiger partial charge in [-0.25, -0.2) is 12.8 Å². The Balaban J connectivity index is 1.40. The van der Waals surface area contributed by atoms with Crippen LogP contribution in [0, 0.1) is 5.82 Å². The summed E-state index contributed by atoms with van der Waals surface area (Å²) in [5.41, 5.74) is 0.600. The van der Waals surface area contributed by atoms with Crippen molar-refractivity contribution in [1.29, 1.82) is 0 Å². The van der Waals surface area contributed by atoms with E-state index in [9.17, 15) is 18.0 Å². The normalized spacial score (nSPS) is 14.4. The summed E-state index contributed by atoms with van der Waals surface area (Å²) in [5, 5.41) is 0. The first-order valence-electron chi connectivity index (χ1n) is 11.3. The smallest absolute Gasteiger partial charge is 0.275 e. The molecule has 194 valence electrons. The molecular weight excluding hydrogens is 539 g/mol. The van der Waals surface area contributed by atoms with E-state index in [1.807, 2.05) is 6.07 Å². The number of thiophene rings is 1. The van der Waals surface area contributed by atoms with Crippen LogP contribution < -0.4 is 9.62 Å². The molecule has 2 aromatic heterocycles. The second-order valence-corrected chi connectivity index (χ2v) is 12.1. The maximum Gasteiger partial charge on any atom is 0.275 e. The molecule has 0 spiro atoms. The van der Waals surface area contributed by atoms with Crippen LogP contribution in [0.15, 0.2) is 66.5 Å². The lowest BCUT2D eigenvalue weighted by atomic mass is 10.1. The molecule has 0 aliphatic carbocycles. The minimum Gasteiger partial charge on any atom is -0.336 e. The first-order valence-corrected chi connectivity index (χ1v) is 14.1. The molecule has 1 N–H and O–H groups in total. The molecule has 8 nitrogen and oxygen atoms in total. The van der Waals surface area contributed by atoms with Crippen molar-refractivity contribution in [2.24, 2.45) is 0 Å². The second-order valence-electron chi connectivity index (χ2n) is 8.61. The number of amides is 2. The molecule has 12 heteroatoms. The van der Waals surface area contributed by atoms with Gasteiger partial charge in [-0.1, -0.05) is 24.6 Å². The van der Waals surface area contributed by atoms with Gasteiger partial charge in [-0.15, -0.1) is 11.3 Å². The van der Waals surface area contributed by atoms with Crippen molar-refractivity contribution < 1.29 is 22.4 Å². The Kier molecular flexibility index (Phi) is 7.96. The van der Waals surface area contributed by atoms with Gasteiger partial charge in [0.1, 0.15) is 11.5 Å². The molecule has 0 bridgehead atoms. The Labute approximate surface area is 223 Å². The Bertz CT molecular complexity index is 1460. The second kappa shape index (κ2) is 11.0. The minimum atomic E-state index is -3.86. The third-order valence-corrected chi connectivity index (χ3v) is 8.66. The van der Waals surface area contributed by atoms with Crippen molar-refractivity contribution in [2.75, 3.05) is 24.2 Å². The first kappa shape index (κ1) is 26.8. The molecule has 3 aromatic rings. The van der Waals surface area contributed by atoms with E-state index < -0.39 is 27.7 Å². The highest BCUT2D eigenvalue weighted by atomic mass is 35.5. The molecule has 1 aliphatic rings. The number of hydrogen-bond acceptors (Lipinski definition) is 6. The predicted molar refractivity (Wildman–Crippen MR) is 142 cm³/mol. The lowest BCUT2D eigenvalue weighted by Gasteiger charge is -2.20. The van der Waals surface area contributed by atoms with E-state index >= 15 is 4.39 Å². The molecule has 0 saturated carbocycles. The fourth-order valence-electron chi connectivity index (χ4n) is 3.89. The largest absolute Gasteiger partial charge is 0.336 e. The first-order chi connectivity index (χ1) is 17.5. The number of nitrogens with one attached hydrogen (secondary N) is 1. The molecule has 1 aliphatic heterocycles. The molecule has 4 rings (SSSR count). The van der Waals surface area contributed by atoms with E-state index in [0.29, 0.717) is 10.0 Å². The minimum absolute atomic E-state index is 0.0173. The fourth-order valence-corrected chi connectivity index (χ4v) is 6.53. The van der Waals surface area contributed by atoms with E-state index in [1.165, 1.54) is 34.4 Å². The van der Waals surface area contributed by atoms with Crippen molar-refractivity contribution in [1.82, 2.24) is 14.6 Å². The van der Waals surface area contributed by atoms with Gasteiger partial charge in [-0.2, -0.15) is 0 Å². The average Bonchev–Trinajstić information content (AvgIpc) is 3.44. The standard InChI is InChI=1S/C25H24ClFN4O4S2/c1-16(22-8-9-23(26)36-22)15-37(34,35)29-20-10-12-31(25(20)33)21-7-6-17(13-19(21)27)24(32)30(2)14-18-5-3-4-11-28-18/h3-11,13,16,29H,12,14-15H2,1-2H3. The summed E-state index contributed by atoms with van der Waals surface area (Å²) in [6.07, 6.45) is 3.02. The highest BCUT2D eigenvalue weighted by Gasteiger charge is 2.31. The SMILES string of the molecule is CC(CS(=O)(=O)NC1=CCN(c2ccc(C(=O)N(C)Cc3ccccn3)cc2F)C1=O)c1ccc(Cl)s1. The lowest BCUT2D eigenvalue weighted by molar-refractivity contribution is -0.114. The van der Waals surface area contributed by atoms with Gasteiger partial charge in [-0.3, -0.25) is 19.3 Å². The predicted octanol–water partition coefficient (Wildman–Crippen LogP) is 4.16. The van der Waals surface area contributed by atoms with Crippen LogP contribution >= 0.6 is 22.9 Å². The van der Waals surface area contributed by atoms with Crippen LogP contribution in [0.3, 0.4) is 0 Å². The van der Waals surface area contributed by atoms with E-state index in [2.05, 4.69) is 9.71 Å². The van der Waals surface area contributed by atoms with Gasteiger partial charge < -0.3 is 9.80 Å². The monoisotopic (exact) mass is 562 g/mol. The van der Waals surface area contributed by atoms with Gasteiger partial charge in [0.05, 0.1) is 28.0 Å². The maximum absolute atomic E-state index is 15.0. The lowest BCUT2D eigenvalue weighted by Crippen LogP contribution is -2.35. The Morgan fingerprint density at radius 1 is 1.27 bits per heavy atom. The molecule has 37 heavy (non-hydrogen) atoms. The Morgan fingerprint density at radius 3 is 2.70 bits per heavy atom. The zero-order chi connectivity index (χ0) is 26.7. The third kappa shape index (κ3) is 6.35. The summed E-state index contributed by atoms with van der Waals surface area (Å²) in [5.74, 6) is -2.43. The fraction of sp³-hybridized carbons (Fsp3) is 0.240. The van der Waals surface area contributed by atoms with Crippen LogP contribution in [0.4, 0.5) is 10.1 Å². The highest BCUT2D eigenvalue weighted by molar-refractivity contribution is 7.89. The molecule has 0 fully saturated rings. The molecule has 3 heterocycles. The number of carbonyl (C=O) groups excluding carboxylic acids is 2. The molecule has 0 saturated heterocycles.